The van der Waals surface area contributed by atoms with E-state index < -0.39 is 0 Å². The van der Waals surface area contributed by atoms with Gasteiger partial charge < -0.3 is 0 Å². The van der Waals surface area contributed by atoms with Gasteiger partial charge in [-0.25, -0.2) is 0 Å². The van der Waals surface area contributed by atoms with Crippen LogP contribution in [-0.4, -0.2) is 15.9 Å². The molecule has 3 heteroatoms. The van der Waals surface area contributed by atoms with Gasteiger partial charge in [-0.1, -0.05) is 12.7 Å². The lowest BCUT2D eigenvalue weighted by molar-refractivity contribution is 1.09. The fourth-order valence-corrected chi connectivity index (χ4v) is 0.791. The molecule has 0 aliphatic rings. The second kappa shape index (κ2) is 4.28. The number of rotatable bonds is 3. The lowest BCUT2D eigenvalue weighted by atomic mass is 10.2. The van der Waals surface area contributed by atoms with Crippen molar-refractivity contribution in [3.8, 4) is 0 Å². The normalized spacial score (nSPS) is 12.2. The maximum atomic E-state index is 4.16. The van der Waals surface area contributed by atoms with E-state index in [0.717, 1.165) is 11.3 Å². The van der Waals surface area contributed by atoms with Gasteiger partial charge in [0.05, 0.1) is 11.9 Å². The number of aromatic amines is 1. The molecule has 0 bridgehead atoms. The fourth-order valence-electron chi connectivity index (χ4n) is 0.791. The van der Waals surface area contributed by atoms with Crippen LogP contribution in [0, 0.1) is 0 Å². The van der Waals surface area contributed by atoms with Gasteiger partial charge in [0.2, 0.25) is 0 Å². The summed E-state index contributed by atoms with van der Waals surface area (Å²) in [6.45, 7) is 5.58. The third kappa shape index (κ3) is 1.92. The number of aromatic nitrogens is 2. The van der Waals surface area contributed by atoms with Gasteiger partial charge in [-0.05, 0) is 13.0 Å². The van der Waals surface area contributed by atoms with Crippen LogP contribution in [0.25, 0.3) is 0 Å². The van der Waals surface area contributed by atoms with Gasteiger partial charge >= 0.3 is 0 Å². The highest BCUT2D eigenvalue weighted by molar-refractivity contribution is 6.08. The third-order valence-corrected chi connectivity index (χ3v) is 1.35. The summed E-state index contributed by atoms with van der Waals surface area (Å²) in [6.07, 6.45) is 8.78. The third-order valence-electron chi connectivity index (χ3n) is 1.35. The summed E-state index contributed by atoms with van der Waals surface area (Å²) in [6, 6.07) is 0. The SMILES string of the molecule is C=CC(=N/C=C\C)c1cn[nH]c1. The highest BCUT2D eigenvalue weighted by Crippen LogP contribution is 1.98. The quantitative estimate of drug-likeness (QED) is 0.676. The number of nitrogens with zero attached hydrogens (tertiary/aromatic N) is 2. The molecule has 1 aromatic rings. The predicted molar refractivity (Wildman–Crippen MR) is 50.1 cm³/mol. The average Bonchev–Trinajstić information content (AvgIpc) is 2.59. The minimum atomic E-state index is 0.821. The molecule has 0 aliphatic heterocycles. The van der Waals surface area contributed by atoms with Crippen LogP contribution in [0.1, 0.15) is 12.5 Å². The molecule has 0 radical (unpaired) electrons. The van der Waals surface area contributed by atoms with Gasteiger partial charge in [-0.15, -0.1) is 0 Å². The second-order valence-corrected chi connectivity index (χ2v) is 2.19. The Kier molecular flexibility index (Phi) is 3.02. The minimum absolute atomic E-state index is 0.821. The van der Waals surface area contributed by atoms with Crippen LogP contribution in [0.2, 0.25) is 0 Å². The topological polar surface area (TPSA) is 41.0 Å². The van der Waals surface area contributed by atoms with Gasteiger partial charge in [0, 0.05) is 18.0 Å². The molecule has 0 spiro atoms. The molecule has 12 heavy (non-hydrogen) atoms. The molecule has 0 saturated heterocycles. The molecule has 1 aromatic heterocycles. The smallest absolute Gasteiger partial charge is 0.0727 e. The Hall–Kier alpha value is -1.64. The van der Waals surface area contributed by atoms with E-state index in [-0.39, 0.29) is 0 Å². The van der Waals surface area contributed by atoms with E-state index in [0.29, 0.717) is 0 Å². The van der Waals surface area contributed by atoms with E-state index in [1.165, 1.54) is 0 Å². The zero-order chi connectivity index (χ0) is 8.81. The Labute approximate surface area is 71.5 Å². The van der Waals surface area contributed by atoms with Crippen LogP contribution >= 0.6 is 0 Å². The van der Waals surface area contributed by atoms with E-state index in [2.05, 4.69) is 21.8 Å². The Bertz CT molecular complexity index is 294. The zero-order valence-electron chi connectivity index (χ0n) is 6.99. The Morgan fingerprint density at radius 3 is 3.08 bits per heavy atom. The Morgan fingerprint density at radius 1 is 1.75 bits per heavy atom. The van der Waals surface area contributed by atoms with Crippen molar-refractivity contribution in [1.29, 1.82) is 0 Å². The molecule has 0 aliphatic carbocycles. The maximum absolute atomic E-state index is 4.16. The number of hydrogen-bond donors (Lipinski definition) is 1. The van der Waals surface area contributed by atoms with Crippen molar-refractivity contribution >= 4 is 5.71 Å². The summed E-state index contributed by atoms with van der Waals surface area (Å²) >= 11 is 0. The summed E-state index contributed by atoms with van der Waals surface area (Å²) in [5.74, 6) is 0. The molecule has 0 fully saturated rings. The average molecular weight is 161 g/mol. The Morgan fingerprint density at radius 2 is 2.58 bits per heavy atom. The van der Waals surface area contributed by atoms with Gasteiger partial charge in [0.25, 0.3) is 0 Å². The molecule has 0 atom stereocenters. The highest BCUT2D eigenvalue weighted by Gasteiger charge is 1.97. The molecule has 0 saturated carbocycles. The molecule has 1 N–H and O–H groups in total. The van der Waals surface area contributed by atoms with E-state index in [1.54, 1.807) is 24.7 Å². The van der Waals surface area contributed by atoms with Crippen LogP contribution in [0.4, 0.5) is 0 Å². The first-order valence-corrected chi connectivity index (χ1v) is 3.69. The summed E-state index contributed by atoms with van der Waals surface area (Å²) in [4.78, 5) is 4.16. The van der Waals surface area contributed by atoms with Crippen molar-refractivity contribution in [2.45, 2.75) is 6.92 Å². The van der Waals surface area contributed by atoms with E-state index in [1.807, 2.05) is 13.0 Å². The van der Waals surface area contributed by atoms with Crippen molar-refractivity contribution in [2.75, 3.05) is 0 Å². The monoisotopic (exact) mass is 161 g/mol. The van der Waals surface area contributed by atoms with Crippen molar-refractivity contribution in [3.63, 3.8) is 0 Å². The molecular formula is C9H11N3. The number of hydrogen-bond acceptors (Lipinski definition) is 2. The molecule has 0 aromatic carbocycles. The molecule has 3 nitrogen and oxygen atoms in total. The Balaban J connectivity index is 2.90. The van der Waals surface area contributed by atoms with Crippen LogP contribution in [0.3, 0.4) is 0 Å². The fraction of sp³-hybridized carbons (Fsp3) is 0.111. The standard InChI is InChI=1S/C9H11N3/c1-3-5-10-9(4-2)8-6-11-12-7-8/h3-7H,2H2,1H3,(H,11,12)/b5-3-,10-9?. The first-order valence-electron chi connectivity index (χ1n) is 3.69. The molecule has 0 amide bonds. The molecule has 0 unspecified atom stereocenters. The van der Waals surface area contributed by atoms with Gasteiger partial charge in [-0.3, -0.25) is 10.1 Å². The highest BCUT2D eigenvalue weighted by atomic mass is 15.1. The minimum Gasteiger partial charge on any atom is -0.285 e. The predicted octanol–water partition coefficient (Wildman–Crippen LogP) is 1.92. The van der Waals surface area contributed by atoms with Crippen molar-refractivity contribution in [1.82, 2.24) is 10.2 Å². The first-order chi connectivity index (χ1) is 5.88. The maximum Gasteiger partial charge on any atom is 0.0727 e. The van der Waals surface area contributed by atoms with E-state index in [4.69, 9.17) is 0 Å². The molecular weight excluding hydrogens is 150 g/mol. The van der Waals surface area contributed by atoms with Crippen LogP contribution in [-0.2, 0) is 0 Å². The zero-order valence-corrected chi connectivity index (χ0v) is 6.99. The second-order valence-electron chi connectivity index (χ2n) is 2.19. The van der Waals surface area contributed by atoms with Crippen LogP contribution < -0.4 is 0 Å². The van der Waals surface area contributed by atoms with Crippen molar-refractivity contribution in [2.24, 2.45) is 4.99 Å². The summed E-state index contributed by atoms with van der Waals surface area (Å²) in [5.41, 5.74) is 1.77. The molecule has 1 heterocycles. The lowest BCUT2D eigenvalue weighted by Crippen LogP contribution is -1.91. The van der Waals surface area contributed by atoms with E-state index in [9.17, 15) is 0 Å². The number of H-pyrrole nitrogens is 1. The largest absolute Gasteiger partial charge is 0.285 e. The molecule has 1 rings (SSSR count). The van der Waals surface area contributed by atoms with Crippen molar-refractivity contribution in [3.05, 3.63) is 42.9 Å². The van der Waals surface area contributed by atoms with Crippen LogP contribution in [0.15, 0.2) is 42.3 Å². The molecule has 62 valence electrons. The summed E-state index contributed by atoms with van der Waals surface area (Å²) in [7, 11) is 0. The van der Waals surface area contributed by atoms with E-state index >= 15 is 0 Å². The number of aliphatic imine (C=N–C) groups is 1. The summed E-state index contributed by atoms with van der Waals surface area (Å²) in [5, 5.41) is 6.54. The number of allylic oxidation sites excluding steroid dienone is 2. The first kappa shape index (κ1) is 8.46. The van der Waals surface area contributed by atoms with Crippen LogP contribution in [0.5, 0.6) is 0 Å². The van der Waals surface area contributed by atoms with Gasteiger partial charge in [-0.2, -0.15) is 5.10 Å². The summed E-state index contributed by atoms with van der Waals surface area (Å²) < 4.78 is 0. The van der Waals surface area contributed by atoms with Gasteiger partial charge in [0.15, 0.2) is 0 Å². The number of nitrogens with one attached hydrogen (secondary N) is 1. The van der Waals surface area contributed by atoms with Crippen molar-refractivity contribution < 1.29 is 0 Å². The lowest BCUT2D eigenvalue weighted by Gasteiger charge is -1.91. The van der Waals surface area contributed by atoms with Gasteiger partial charge in [0.1, 0.15) is 0 Å².